The average Bonchev–Trinajstić information content (AvgIpc) is 3.44. The van der Waals surface area contributed by atoms with Crippen molar-refractivity contribution in [3.8, 4) is 40.4 Å². The van der Waals surface area contributed by atoms with Gasteiger partial charge in [0.15, 0.2) is 23.0 Å². The van der Waals surface area contributed by atoms with Crippen LogP contribution in [0.2, 0.25) is 0 Å². The maximum absolute atomic E-state index is 14.0. The molecule has 0 aliphatic carbocycles. The van der Waals surface area contributed by atoms with E-state index in [2.05, 4.69) is 0 Å². The minimum absolute atomic E-state index is 0.147. The highest BCUT2D eigenvalue weighted by Gasteiger charge is 2.26. The minimum Gasteiger partial charge on any atom is -0.496 e. The SMILES string of the molecule is COc1cc(/C=c2\nc3c(n(Cc4ccccc4)c2=O)=Cc2cc4c(c(C)c2O3)OCO4)c(OC)c(C)c1OC. The van der Waals surface area contributed by atoms with Crippen LogP contribution in [0.5, 0.6) is 40.4 Å². The molecule has 4 aromatic rings. The van der Waals surface area contributed by atoms with Gasteiger partial charge in [0.1, 0.15) is 22.2 Å². The third kappa shape index (κ3) is 4.10. The quantitative estimate of drug-likeness (QED) is 0.324. The Morgan fingerprint density at radius 2 is 1.73 bits per heavy atom. The molecule has 40 heavy (non-hydrogen) atoms. The Morgan fingerprint density at radius 1 is 0.950 bits per heavy atom. The Bertz CT molecular complexity index is 1830. The van der Waals surface area contributed by atoms with Crippen LogP contribution in [-0.2, 0) is 6.54 Å². The second kappa shape index (κ2) is 10.00. The van der Waals surface area contributed by atoms with Crippen molar-refractivity contribution in [1.29, 1.82) is 0 Å². The molecule has 0 fully saturated rings. The largest absolute Gasteiger partial charge is 0.496 e. The fourth-order valence-corrected chi connectivity index (χ4v) is 5.22. The van der Waals surface area contributed by atoms with Gasteiger partial charge >= 0.3 is 0 Å². The van der Waals surface area contributed by atoms with Gasteiger partial charge in [0.05, 0.1) is 27.9 Å². The first kappa shape index (κ1) is 25.4. The zero-order valence-corrected chi connectivity index (χ0v) is 22.9. The molecule has 0 amide bonds. The van der Waals surface area contributed by atoms with E-state index in [1.54, 1.807) is 38.0 Å². The van der Waals surface area contributed by atoms with Crippen molar-refractivity contribution in [3.05, 3.63) is 91.3 Å². The highest BCUT2D eigenvalue weighted by molar-refractivity contribution is 5.71. The van der Waals surface area contributed by atoms with Crippen LogP contribution >= 0.6 is 0 Å². The van der Waals surface area contributed by atoms with Crippen LogP contribution in [0.4, 0.5) is 0 Å². The van der Waals surface area contributed by atoms with Gasteiger partial charge in [-0.05, 0) is 43.7 Å². The molecule has 0 spiro atoms. The van der Waals surface area contributed by atoms with Crippen LogP contribution in [0.3, 0.4) is 0 Å². The summed E-state index contributed by atoms with van der Waals surface area (Å²) in [4.78, 5) is 18.7. The van der Waals surface area contributed by atoms with E-state index in [9.17, 15) is 4.79 Å². The number of nitrogens with zero attached hydrogens (tertiary/aromatic N) is 2. The first-order valence-corrected chi connectivity index (χ1v) is 12.7. The van der Waals surface area contributed by atoms with E-state index >= 15 is 0 Å². The summed E-state index contributed by atoms with van der Waals surface area (Å²) in [6.45, 7) is 4.25. The second-order valence-electron chi connectivity index (χ2n) is 9.47. The van der Waals surface area contributed by atoms with Gasteiger partial charge in [0.2, 0.25) is 12.7 Å². The topological polar surface area (TPSA) is 90.3 Å². The molecule has 0 radical (unpaired) electrons. The van der Waals surface area contributed by atoms with E-state index in [4.69, 9.17) is 33.4 Å². The van der Waals surface area contributed by atoms with Gasteiger partial charge in [-0.3, -0.25) is 9.36 Å². The highest BCUT2D eigenvalue weighted by atomic mass is 16.7. The summed E-state index contributed by atoms with van der Waals surface area (Å²) in [5.41, 5.74) is 3.63. The number of ether oxygens (including phenoxy) is 6. The van der Waals surface area contributed by atoms with Gasteiger partial charge < -0.3 is 28.4 Å². The summed E-state index contributed by atoms with van der Waals surface area (Å²) < 4.78 is 36.1. The molecular formula is C31H28N2O7. The number of rotatable bonds is 6. The van der Waals surface area contributed by atoms with Crippen LogP contribution in [0.1, 0.15) is 27.8 Å². The fourth-order valence-electron chi connectivity index (χ4n) is 5.22. The van der Waals surface area contributed by atoms with Crippen molar-refractivity contribution >= 4 is 12.2 Å². The van der Waals surface area contributed by atoms with Crippen LogP contribution in [-0.4, -0.2) is 37.7 Å². The summed E-state index contributed by atoms with van der Waals surface area (Å²) in [6.07, 6.45) is 3.59. The molecule has 2 aliphatic rings. The monoisotopic (exact) mass is 540 g/mol. The van der Waals surface area contributed by atoms with Gasteiger partial charge in [-0.1, -0.05) is 30.3 Å². The number of hydrogen-bond donors (Lipinski definition) is 0. The smallest absolute Gasteiger partial charge is 0.277 e. The molecule has 0 unspecified atom stereocenters. The molecular weight excluding hydrogens is 512 g/mol. The predicted octanol–water partition coefficient (Wildman–Crippen LogP) is 3.43. The molecule has 3 heterocycles. The predicted molar refractivity (Wildman–Crippen MR) is 149 cm³/mol. The zero-order chi connectivity index (χ0) is 28.0. The third-order valence-corrected chi connectivity index (χ3v) is 7.12. The lowest BCUT2D eigenvalue weighted by atomic mass is 10.1. The zero-order valence-electron chi connectivity index (χ0n) is 22.9. The summed E-state index contributed by atoms with van der Waals surface area (Å²) in [7, 11) is 4.70. The lowest BCUT2D eigenvalue weighted by Gasteiger charge is -2.20. The lowest BCUT2D eigenvalue weighted by Crippen LogP contribution is -2.46. The Balaban J connectivity index is 1.62. The van der Waals surface area contributed by atoms with E-state index < -0.39 is 0 Å². The number of hydrogen-bond acceptors (Lipinski definition) is 8. The van der Waals surface area contributed by atoms with E-state index in [-0.39, 0.29) is 17.7 Å². The molecule has 1 aromatic heterocycles. The fraction of sp³-hybridized carbons (Fsp3) is 0.226. The van der Waals surface area contributed by atoms with Crippen LogP contribution in [0.15, 0.2) is 47.3 Å². The van der Waals surface area contributed by atoms with E-state index in [0.717, 1.165) is 22.3 Å². The summed E-state index contributed by atoms with van der Waals surface area (Å²) in [6, 6.07) is 13.4. The van der Waals surface area contributed by atoms with Gasteiger partial charge in [0, 0.05) is 22.3 Å². The van der Waals surface area contributed by atoms with Crippen molar-refractivity contribution in [2.24, 2.45) is 0 Å². The van der Waals surface area contributed by atoms with Gasteiger partial charge in [0.25, 0.3) is 5.56 Å². The number of fused-ring (bicyclic) bond motifs is 3. The van der Waals surface area contributed by atoms with Crippen molar-refractivity contribution in [2.75, 3.05) is 28.1 Å². The molecule has 3 aromatic carbocycles. The van der Waals surface area contributed by atoms with Gasteiger partial charge in [-0.25, -0.2) is 4.98 Å². The molecule has 0 bridgehead atoms. The first-order valence-electron chi connectivity index (χ1n) is 12.7. The number of methoxy groups -OCH3 is 3. The van der Waals surface area contributed by atoms with Crippen molar-refractivity contribution in [3.63, 3.8) is 0 Å². The highest BCUT2D eigenvalue weighted by Crippen LogP contribution is 2.45. The Morgan fingerprint density at radius 3 is 2.45 bits per heavy atom. The Hall–Kier alpha value is -4.92. The lowest BCUT2D eigenvalue weighted by molar-refractivity contribution is 0.173. The Kier molecular flexibility index (Phi) is 6.34. The second-order valence-corrected chi connectivity index (χ2v) is 9.47. The number of benzene rings is 3. The number of aromatic nitrogens is 2. The molecule has 0 atom stereocenters. The molecule has 0 saturated carbocycles. The van der Waals surface area contributed by atoms with Crippen LogP contribution in [0, 0.1) is 13.8 Å². The molecule has 2 aliphatic heterocycles. The minimum atomic E-state index is -0.280. The normalized spacial score (nSPS) is 13.2. The van der Waals surface area contributed by atoms with Gasteiger partial charge in [-0.2, -0.15) is 0 Å². The summed E-state index contributed by atoms with van der Waals surface area (Å²) in [5.74, 6) is 3.83. The summed E-state index contributed by atoms with van der Waals surface area (Å²) in [5, 5.41) is 0.752. The van der Waals surface area contributed by atoms with E-state index in [1.165, 1.54) is 0 Å². The molecule has 0 saturated heterocycles. The standard InChI is InChI=1S/C31H28N2O7/c1-17-26(36-4)20(13-24(35-3)28(17)37-5)11-22-31(34)33(15-19-9-7-6-8-10-19)23-12-21-14-25-29(39-16-38-25)18(2)27(21)40-30(23)32-22/h6-14H,15-16H2,1-5H3/b22-11-. The average molecular weight is 541 g/mol. The van der Waals surface area contributed by atoms with Gasteiger partial charge in [-0.15, -0.1) is 0 Å². The maximum atomic E-state index is 14.0. The molecule has 0 N–H and O–H groups in total. The summed E-state index contributed by atoms with van der Waals surface area (Å²) >= 11 is 0. The first-order chi connectivity index (χ1) is 19.4. The maximum Gasteiger partial charge on any atom is 0.277 e. The van der Waals surface area contributed by atoms with E-state index in [0.29, 0.717) is 57.8 Å². The van der Waals surface area contributed by atoms with Crippen molar-refractivity contribution in [1.82, 2.24) is 9.55 Å². The van der Waals surface area contributed by atoms with Crippen molar-refractivity contribution < 1.29 is 28.4 Å². The van der Waals surface area contributed by atoms with Crippen molar-refractivity contribution in [2.45, 2.75) is 20.4 Å². The Labute approximate surface area is 230 Å². The molecule has 9 nitrogen and oxygen atoms in total. The molecule has 204 valence electrons. The molecule has 6 rings (SSSR count). The third-order valence-electron chi connectivity index (χ3n) is 7.12. The van der Waals surface area contributed by atoms with Crippen LogP contribution < -0.4 is 44.7 Å². The van der Waals surface area contributed by atoms with E-state index in [1.807, 2.05) is 56.3 Å². The molecule has 9 heteroatoms. The van der Waals surface area contributed by atoms with Crippen LogP contribution in [0.25, 0.3) is 12.2 Å².